The van der Waals surface area contributed by atoms with Crippen molar-refractivity contribution in [3.05, 3.63) is 45.9 Å². The number of para-hydroxylation sites is 1. The minimum Gasteiger partial charge on any atom is -0.493 e. The minimum atomic E-state index is -0.310. The van der Waals surface area contributed by atoms with Crippen molar-refractivity contribution in [2.75, 3.05) is 7.11 Å². The van der Waals surface area contributed by atoms with Crippen LogP contribution in [0.25, 0.3) is 11.0 Å². The normalized spacial score (nSPS) is 12.6. The van der Waals surface area contributed by atoms with Gasteiger partial charge in [0.25, 0.3) is 5.91 Å². The number of amides is 1. The minimum absolute atomic E-state index is 0.240. The van der Waals surface area contributed by atoms with E-state index in [0.29, 0.717) is 27.3 Å². The fourth-order valence-electron chi connectivity index (χ4n) is 2.64. The molecule has 1 unspecified atom stereocenters. The predicted octanol–water partition coefficient (Wildman–Crippen LogP) is 4.54. The van der Waals surface area contributed by atoms with Gasteiger partial charge in [-0.3, -0.25) is 9.89 Å². The highest BCUT2D eigenvalue weighted by molar-refractivity contribution is 9.10. The van der Waals surface area contributed by atoms with Crippen LogP contribution in [-0.2, 0) is 0 Å². The first-order valence-electron chi connectivity index (χ1n) is 8.03. The second kappa shape index (κ2) is 6.92. The summed E-state index contributed by atoms with van der Waals surface area (Å²) in [6.45, 7) is 5.93. The zero-order chi connectivity index (χ0) is 18.1. The fraction of sp³-hybridized carbons (Fsp3) is 0.333. The summed E-state index contributed by atoms with van der Waals surface area (Å²) in [7, 11) is 1.60. The van der Waals surface area contributed by atoms with E-state index in [9.17, 15) is 4.79 Å². The predicted molar refractivity (Wildman–Crippen MR) is 99.0 cm³/mol. The zero-order valence-corrected chi connectivity index (χ0v) is 16.1. The van der Waals surface area contributed by atoms with Gasteiger partial charge in [0.05, 0.1) is 23.3 Å². The molecule has 2 heterocycles. The van der Waals surface area contributed by atoms with Crippen LogP contribution < -0.4 is 10.1 Å². The van der Waals surface area contributed by atoms with Gasteiger partial charge < -0.3 is 14.5 Å². The van der Waals surface area contributed by atoms with Crippen LogP contribution in [0.4, 0.5) is 0 Å². The molecule has 0 aliphatic heterocycles. The molecule has 1 aromatic carbocycles. The molecule has 0 fully saturated rings. The van der Waals surface area contributed by atoms with Crippen LogP contribution >= 0.6 is 15.9 Å². The van der Waals surface area contributed by atoms with Crippen molar-refractivity contribution in [3.8, 4) is 5.75 Å². The number of aromatic nitrogens is 2. The van der Waals surface area contributed by atoms with E-state index in [-0.39, 0.29) is 17.9 Å². The van der Waals surface area contributed by atoms with Crippen molar-refractivity contribution in [1.82, 2.24) is 15.5 Å². The number of rotatable bonds is 5. The third-order valence-corrected chi connectivity index (χ3v) is 4.85. The highest BCUT2D eigenvalue weighted by Gasteiger charge is 2.22. The lowest BCUT2D eigenvalue weighted by atomic mass is 10.1. The van der Waals surface area contributed by atoms with E-state index in [0.717, 1.165) is 11.1 Å². The summed E-state index contributed by atoms with van der Waals surface area (Å²) < 4.78 is 11.9. The average molecular weight is 406 g/mol. The number of H-pyrrole nitrogens is 1. The van der Waals surface area contributed by atoms with Gasteiger partial charge in [-0.05, 0) is 40.9 Å². The molecule has 0 bridgehead atoms. The molecule has 0 radical (unpaired) electrons. The quantitative estimate of drug-likeness (QED) is 0.652. The van der Waals surface area contributed by atoms with Crippen LogP contribution in [0.1, 0.15) is 54.7 Å². The van der Waals surface area contributed by atoms with Crippen LogP contribution in [-0.4, -0.2) is 23.2 Å². The molecule has 0 spiro atoms. The molecule has 7 heteroatoms. The van der Waals surface area contributed by atoms with E-state index in [1.165, 1.54) is 0 Å². The maximum Gasteiger partial charge on any atom is 0.273 e. The van der Waals surface area contributed by atoms with Gasteiger partial charge in [-0.15, -0.1) is 0 Å². The summed E-state index contributed by atoms with van der Waals surface area (Å²) in [6.07, 6.45) is 0. The molecule has 0 saturated heterocycles. The number of nitrogens with zero attached hydrogens (tertiary/aromatic N) is 1. The Bertz CT molecular complexity index is 914. The number of hydrogen-bond acceptors (Lipinski definition) is 4. The number of methoxy groups -OCH3 is 1. The Balaban J connectivity index is 1.82. The Morgan fingerprint density at radius 3 is 2.76 bits per heavy atom. The first kappa shape index (κ1) is 17.5. The third kappa shape index (κ3) is 3.28. The summed E-state index contributed by atoms with van der Waals surface area (Å²) in [5.41, 5.74) is 1.90. The largest absolute Gasteiger partial charge is 0.493 e. The van der Waals surface area contributed by atoms with Crippen molar-refractivity contribution < 1.29 is 13.9 Å². The summed E-state index contributed by atoms with van der Waals surface area (Å²) >= 11 is 3.45. The number of benzene rings is 1. The molecule has 6 nitrogen and oxygen atoms in total. The average Bonchev–Trinajstić information content (AvgIpc) is 3.17. The van der Waals surface area contributed by atoms with Crippen molar-refractivity contribution in [3.63, 3.8) is 0 Å². The molecule has 0 saturated carbocycles. The number of halogens is 1. The SMILES string of the molecule is COc1cccc2cc(C(C)NC(=O)c3n[nH]c(C(C)C)c3Br)oc12. The van der Waals surface area contributed by atoms with Crippen LogP contribution in [0.15, 0.2) is 33.2 Å². The standard InChI is InChI=1S/C18H20BrN3O3/c1-9(2)15-14(19)16(22-21-15)18(23)20-10(3)13-8-11-6-5-7-12(24-4)17(11)25-13/h5-10H,1-4H3,(H,20,23)(H,21,22). The number of hydrogen-bond donors (Lipinski definition) is 2. The summed E-state index contributed by atoms with van der Waals surface area (Å²) in [5.74, 6) is 1.29. The first-order chi connectivity index (χ1) is 11.9. The van der Waals surface area contributed by atoms with Crippen LogP contribution in [0.3, 0.4) is 0 Å². The van der Waals surface area contributed by atoms with Crippen molar-refractivity contribution in [2.45, 2.75) is 32.7 Å². The molecule has 2 aromatic heterocycles. The Labute approximate surface area is 154 Å². The Hall–Kier alpha value is -2.28. The van der Waals surface area contributed by atoms with Gasteiger partial charge in [0, 0.05) is 5.39 Å². The van der Waals surface area contributed by atoms with Crippen LogP contribution in [0.2, 0.25) is 0 Å². The molecule has 0 aliphatic carbocycles. The van der Waals surface area contributed by atoms with Gasteiger partial charge in [-0.2, -0.15) is 5.10 Å². The summed E-state index contributed by atoms with van der Waals surface area (Å²) in [5, 5.41) is 10.9. The van der Waals surface area contributed by atoms with Gasteiger partial charge in [0.2, 0.25) is 0 Å². The maximum atomic E-state index is 12.5. The molecule has 3 rings (SSSR count). The van der Waals surface area contributed by atoms with Gasteiger partial charge in [-0.25, -0.2) is 0 Å². The Morgan fingerprint density at radius 1 is 1.36 bits per heavy atom. The molecular weight excluding hydrogens is 386 g/mol. The van der Waals surface area contributed by atoms with E-state index in [1.54, 1.807) is 7.11 Å². The van der Waals surface area contributed by atoms with E-state index < -0.39 is 0 Å². The van der Waals surface area contributed by atoms with Gasteiger partial charge >= 0.3 is 0 Å². The summed E-state index contributed by atoms with van der Waals surface area (Å²) in [4.78, 5) is 12.5. The number of nitrogens with one attached hydrogen (secondary N) is 2. The van der Waals surface area contributed by atoms with Crippen molar-refractivity contribution >= 4 is 32.8 Å². The van der Waals surface area contributed by atoms with Crippen molar-refractivity contribution in [1.29, 1.82) is 0 Å². The molecular formula is C18H20BrN3O3. The molecule has 1 atom stereocenters. The monoisotopic (exact) mass is 405 g/mol. The van der Waals surface area contributed by atoms with Gasteiger partial charge in [-0.1, -0.05) is 26.0 Å². The zero-order valence-electron chi connectivity index (χ0n) is 14.5. The first-order valence-corrected chi connectivity index (χ1v) is 8.82. The van der Waals surface area contributed by atoms with Gasteiger partial charge in [0.15, 0.2) is 17.0 Å². The molecule has 1 amide bonds. The summed E-state index contributed by atoms with van der Waals surface area (Å²) in [6, 6.07) is 7.28. The number of furan rings is 1. The number of carbonyl (C=O) groups excluding carboxylic acids is 1. The Morgan fingerprint density at radius 2 is 2.12 bits per heavy atom. The molecule has 3 aromatic rings. The number of ether oxygens (including phenoxy) is 1. The third-order valence-electron chi connectivity index (χ3n) is 4.05. The molecule has 132 valence electrons. The molecule has 0 aliphatic rings. The van der Waals surface area contributed by atoms with Crippen LogP contribution in [0, 0.1) is 0 Å². The van der Waals surface area contributed by atoms with E-state index in [4.69, 9.17) is 9.15 Å². The van der Waals surface area contributed by atoms with E-state index in [2.05, 4.69) is 31.4 Å². The highest BCUT2D eigenvalue weighted by Crippen LogP contribution is 2.31. The smallest absolute Gasteiger partial charge is 0.273 e. The topological polar surface area (TPSA) is 80.1 Å². The Kier molecular flexibility index (Phi) is 4.85. The molecule has 2 N–H and O–H groups in total. The van der Waals surface area contributed by atoms with E-state index >= 15 is 0 Å². The van der Waals surface area contributed by atoms with Crippen LogP contribution in [0.5, 0.6) is 5.75 Å². The van der Waals surface area contributed by atoms with Gasteiger partial charge in [0.1, 0.15) is 5.76 Å². The van der Waals surface area contributed by atoms with E-state index in [1.807, 2.05) is 45.0 Å². The number of fused-ring (bicyclic) bond motifs is 1. The molecule has 25 heavy (non-hydrogen) atoms. The second-order valence-corrected chi connectivity index (χ2v) is 6.97. The number of aromatic amines is 1. The lowest BCUT2D eigenvalue weighted by Crippen LogP contribution is -2.27. The lowest BCUT2D eigenvalue weighted by molar-refractivity contribution is 0.0930. The highest BCUT2D eigenvalue weighted by atomic mass is 79.9. The lowest BCUT2D eigenvalue weighted by Gasteiger charge is -2.10. The fourth-order valence-corrected chi connectivity index (χ4v) is 3.46. The van der Waals surface area contributed by atoms with Crippen molar-refractivity contribution in [2.24, 2.45) is 0 Å². The maximum absolute atomic E-state index is 12.5. The second-order valence-electron chi connectivity index (χ2n) is 6.18. The number of carbonyl (C=O) groups is 1.